The van der Waals surface area contributed by atoms with Crippen molar-refractivity contribution >= 4 is 12.6 Å². The van der Waals surface area contributed by atoms with E-state index in [1.54, 1.807) is 0 Å². The van der Waals surface area contributed by atoms with Gasteiger partial charge in [0.15, 0.2) is 0 Å². The Labute approximate surface area is 101 Å². The Morgan fingerprint density at radius 3 is 2.20 bits per heavy atom. The van der Waals surface area contributed by atoms with Gasteiger partial charge >= 0.3 is 0 Å². The second kappa shape index (κ2) is 8.46. The number of thiol groups is 1. The highest BCUT2D eigenvalue weighted by Crippen LogP contribution is 2.28. The third-order valence-electron chi connectivity index (χ3n) is 3.31. The molecule has 0 saturated heterocycles. The lowest BCUT2D eigenvalue weighted by molar-refractivity contribution is 0.0481. The van der Waals surface area contributed by atoms with Crippen LogP contribution in [-0.2, 0) is 4.74 Å². The van der Waals surface area contributed by atoms with Gasteiger partial charge in [0.05, 0.1) is 6.61 Å². The molecular weight excluding hydrogens is 204 g/mol. The maximum atomic E-state index is 5.77. The summed E-state index contributed by atoms with van der Waals surface area (Å²) in [4.78, 5) is 0. The molecule has 0 rings (SSSR count). The van der Waals surface area contributed by atoms with Crippen molar-refractivity contribution < 1.29 is 4.74 Å². The van der Waals surface area contributed by atoms with Gasteiger partial charge in [0.2, 0.25) is 0 Å². The molecule has 0 spiro atoms. The molecule has 1 nitrogen and oxygen atoms in total. The van der Waals surface area contributed by atoms with E-state index in [0.717, 1.165) is 37.7 Å². The van der Waals surface area contributed by atoms with Crippen LogP contribution in [0.2, 0.25) is 0 Å². The lowest BCUT2D eigenvalue weighted by Gasteiger charge is -2.29. The number of hydrogen-bond acceptors (Lipinski definition) is 2. The summed E-state index contributed by atoms with van der Waals surface area (Å²) in [5, 5.41) is 0. The Morgan fingerprint density at radius 2 is 1.80 bits per heavy atom. The van der Waals surface area contributed by atoms with Crippen LogP contribution in [0, 0.1) is 11.3 Å². The average molecular weight is 232 g/mol. The first-order valence-electron chi connectivity index (χ1n) is 6.28. The smallest absolute Gasteiger partial charge is 0.0530 e. The third-order valence-corrected chi connectivity index (χ3v) is 3.98. The Hall–Kier alpha value is 0.310. The normalized spacial score (nSPS) is 12.4. The Balaban J connectivity index is 3.63. The van der Waals surface area contributed by atoms with Gasteiger partial charge in [-0.3, -0.25) is 0 Å². The molecule has 0 aromatic carbocycles. The van der Waals surface area contributed by atoms with E-state index < -0.39 is 0 Å². The SMILES string of the molecule is CCC(CC)(CS)COCCCC(C)C. The van der Waals surface area contributed by atoms with Gasteiger partial charge in [-0.1, -0.05) is 27.7 Å². The molecule has 0 atom stereocenters. The van der Waals surface area contributed by atoms with E-state index in [1.165, 1.54) is 12.8 Å². The minimum Gasteiger partial charge on any atom is -0.381 e. The molecule has 0 aliphatic rings. The molecule has 0 unspecified atom stereocenters. The summed E-state index contributed by atoms with van der Waals surface area (Å²) in [5.74, 6) is 1.73. The van der Waals surface area contributed by atoms with E-state index in [9.17, 15) is 0 Å². The van der Waals surface area contributed by atoms with E-state index in [0.29, 0.717) is 5.41 Å². The zero-order valence-electron chi connectivity index (χ0n) is 10.9. The molecule has 0 heterocycles. The second-order valence-electron chi connectivity index (χ2n) is 4.95. The summed E-state index contributed by atoms with van der Waals surface area (Å²) in [6.07, 6.45) is 4.79. The summed E-state index contributed by atoms with van der Waals surface area (Å²) in [5.41, 5.74) is 0.306. The summed E-state index contributed by atoms with van der Waals surface area (Å²) < 4.78 is 5.77. The van der Waals surface area contributed by atoms with Gasteiger partial charge in [0, 0.05) is 12.0 Å². The summed E-state index contributed by atoms with van der Waals surface area (Å²) in [6, 6.07) is 0. The van der Waals surface area contributed by atoms with Gasteiger partial charge in [-0.2, -0.15) is 12.6 Å². The fourth-order valence-corrected chi connectivity index (χ4v) is 2.14. The lowest BCUT2D eigenvalue weighted by atomic mass is 9.85. The van der Waals surface area contributed by atoms with E-state index >= 15 is 0 Å². The van der Waals surface area contributed by atoms with Crippen LogP contribution in [0.25, 0.3) is 0 Å². The number of hydrogen-bond donors (Lipinski definition) is 1. The Bertz CT molecular complexity index is 133. The first kappa shape index (κ1) is 15.3. The molecule has 15 heavy (non-hydrogen) atoms. The highest BCUT2D eigenvalue weighted by molar-refractivity contribution is 7.80. The number of rotatable bonds is 9. The number of ether oxygens (including phenoxy) is 1. The van der Waals surface area contributed by atoms with Crippen molar-refractivity contribution in [2.75, 3.05) is 19.0 Å². The quantitative estimate of drug-likeness (QED) is 0.463. The monoisotopic (exact) mass is 232 g/mol. The molecule has 92 valence electrons. The van der Waals surface area contributed by atoms with Crippen LogP contribution in [0.1, 0.15) is 53.4 Å². The maximum absolute atomic E-state index is 5.77. The average Bonchev–Trinajstić information content (AvgIpc) is 2.24. The third kappa shape index (κ3) is 6.47. The topological polar surface area (TPSA) is 9.23 Å². The largest absolute Gasteiger partial charge is 0.381 e. The van der Waals surface area contributed by atoms with Gasteiger partial charge in [-0.15, -0.1) is 0 Å². The van der Waals surface area contributed by atoms with Crippen LogP contribution >= 0.6 is 12.6 Å². The van der Waals surface area contributed by atoms with Crippen LogP contribution in [0.5, 0.6) is 0 Å². The molecule has 2 heteroatoms. The molecule has 0 aromatic heterocycles. The van der Waals surface area contributed by atoms with Crippen molar-refractivity contribution in [3.05, 3.63) is 0 Å². The van der Waals surface area contributed by atoms with Gasteiger partial charge in [0.1, 0.15) is 0 Å². The van der Waals surface area contributed by atoms with Crippen LogP contribution < -0.4 is 0 Å². The predicted octanol–water partition coefficient (Wildman–Crippen LogP) is 4.18. The zero-order valence-corrected chi connectivity index (χ0v) is 11.8. The summed E-state index contributed by atoms with van der Waals surface area (Å²) in [7, 11) is 0. The Kier molecular flexibility index (Phi) is 8.64. The van der Waals surface area contributed by atoms with Crippen LogP contribution in [0.3, 0.4) is 0 Å². The molecule has 0 saturated carbocycles. The van der Waals surface area contributed by atoms with Crippen molar-refractivity contribution in [1.29, 1.82) is 0 Å². The molecule has 0 N–H and O–H groups in total. The summed E-state index contributed by atoms with van der Waals surface area (Å²) >= 11 is 4.44. The minimum absolute atomic E-state index is 0.306. The van der Waals surface area contributed by atoms with Crippen molar-refractivity contribution in [1.82, 2.24) is 0 Å². The van der Waals surface area contributed by atoms with E-state index in [4.69, 9.17) is 4.74 Å². The van der Waals surface area contributed by atoms with Gasteiger partial charge in [-0.25, -0.2) is 0 Å². The fourth-order valence-electron chi connectivity index (χ4n) is 1.61. The van der Waals surface area contributed by atoms with Crippen LogP contribution in [0.15, 0.2) is 0 Å². The van der Waals surface area contributed by atoms with Crippen LogP contribution in [0.4, 0.5) is 0 Å². The highest BCUT2D eigenvalue weighted by atomic mass is 32.1. The second-order valence-corrected chi connectivity index (χ2v) is 5.27. The lowest BCUT2D eigenvalue weighted by Crippen LogP contribution is -2.27. The molecule has 0 radical (unpaired) electrons. The van der Waals surface area contributed by atoms with Crippen molar-refractivity contribution in [2.45, 2.75) is 53.4 Å². The van der Waals surface area contributed by atoms with Crippen LogP contribution in [-0.4, -0.2) is 19.0 Å². The molecule has 0 bridgehead atoms. The first-order valence-corrected chi connectivity index (χ1v) is 6.92. The van der Waals surface area contributed by atoms with Gasteiger partial charge in [-0.05, 0) is 37.4 Å². The van der Waals surface area contributed by atoms with E-state index in [-0.39, 0.29) is 0 Å². The standard InChI is InChI=1S/C13H28OS/c1-5-13(6-2,11-15)10-14-9-7-8-12(3)4/h12,15H,5-11H2,1-4H3. The van der Waals surface area contributed by atoms with E-state index in [2.05, 4.69) is 40.3 Å². The molecular formula is C13H28OS. The van der Waals surface area contributed by atoms with E-state index in [1.807, 2.05) is 0 Å². The molecule has 0 fully saturated rings. The zero-order chi connectivity index (χ0) is 11.7. The van der Waals surface area contributed by atoms with Gasteiger partial charge < -0.3 is 4.74 Å². The van der Waals surface area contributed by atoms with Crippen molar-refractivity contribution in [3.63, 3.8) is 0 Å². The molecule has 0 aliphatic carbocycles. The molecule has 0 aliphatic heterocycles. The minimum atomic E-state index is 0.306. The first-order chi connectivity index (χ1) is 7.10. The van der Waals surface area contributed by atoms with Crippen molar-refractivity contribution in [3.8, 4) is 0 Å². The maximum Gasteiger partial charge on any atom is 0.0530 e. The summed E-state index contributed by atoms with van der Waals surface area (Å²) in [6.45, 7) is 10.8. The molecule has 0 aromatic rings. The molecule has 0 amide bonds. The van der Waals surface area contributed by atoms with Gasteiger partial charge in [0.25, 0.3) is 0 Å². The Morgan fingerprint density at radius 1 is 1.20 bits per heavy atom. The fraction of sp³-hybridized carbons (Fsp3) is 1.00. The van der Waals surface area contributed by atoms with Crippen molar-refractivity contribution in [2.24, 2.45) is 11.3 Å². The predicted molar refractivity (Wildman–Crippen MR) is 71.8 cm³/mol. The highest BCUT2D eigenvalue weighted by Gasteiger charge is 2.24.